The summed E-state index contributed by atoms with van der Waals surface area (Å²) >= 11 is 0. The van der Waals surface area contributed by atoms with Crippen LogP contribution < -0.4 is 4.57 Å². The Balaban J connectivity index is 1.69. The highest BCUT2D eigenvalue weighted by atomic mass is 16.5. The van der Waals surface area contributed by atoms with E-state index in [0.29, 0.717) is 19.6 Å². The van der Waals surface area contributed by atoms with Crippen LogP contribution in [-0.2, 0) is 20.9 Å². The molecule has 0 bridgehead atoms. The van der Waals surface area contributed by atoms with E-state index < -0.39 is 0 Å². The second-order valence-corrected chi connectivity index (χ2v) is 6.00. The number of likely N-dealkylation sites (tertiary alicyclic amines) is 1. The summed E-state index contributed by atoms with van der Waals surface area (Å²) in [6, 6.07) is 6.01. The van der Waals surface area contributed by atoms with Crippen LogP contribution in [0.15, 0.2) is 30.6 Å². The molecule has 1 aliphatic rings. The maximum atomic E-state index is 12.3. The minimum absolute atomic E-state index is 0.146. The predicted molar refractivity (Wildman–Crippen MR) is 86.4 cm³/mol. The van der Waals surface area contributed by atoms with Gasteiger partial charge in [0.1, 0.15) is 6.54 Å². The Hall–Kier alpha value is -1.91. The van der Waals surface area contributed by atoms with E-state index in [4.69, 9.17) is 4.74 Å². The van der Waals surface area contributed by atoms with Crippen molar-refractivity contribution in [1.82, 2.24) is 4.90 Å². The van der Waals surface area contributed by atoms with E-state index in [1.807, 2.05) is 42.4 Å². The van der Waals surface area contributed by atoms with Gasteiger partial charge in [-0.1, -0.05) is 6.07 Å². The van der Waals surface area contributed by atoms with Crippen LogP contribution in [-0.4, -0.2) is 36.5 Å². The molecule has 1 aromatic rings. The minimum atomic E-state index is -0.162. The number of piperidine rings is 1. The fourth-order valence-corrected chi connectivity index (χ4v) is 2.97. The fourth-order valence-electron chi connectivity index (χ4n) is 2.97. The zero-order chi connectivity index (χ0) is 16.5. The Morgan fingerprint density at radius 1 is 1.22 bits per heavy atom. The van der Waals surface area contributed by atoms with Crippen molar-refractivity contribution in [3.63, 3.8) is 0 Å². The Kier molecular flexibility index (Phi) is 7.04. The lowest BCUT2D eigenvalue weighted by molar-refractivity contribution is -0.697. The Morgan fingerprint density at radius 2 is 2.00 bits per heavy atom. The standard InChI is InChI=1S/C18H27N2O3/c1-2-23-18(22)16-9-8-14-20(15-16)17(21)10-4-7-13-19-11-5-3-6-12-19/h3,5-6,11-12,16H,2,4,7-10,13-15H2,1H3/q+1. The zero-order valence-corrected chi connectivity index (χ0v) is 13.9. The predicted octanol–water partition coefficient (Wildman–Crippen LogP) is 1.95. The molecule has 2 rings (SSSR count). The molecule has 5 heteroatoms. The Morgan fingerprint density at radius 3 is 2.74 bits per heavy atom. The molecule has 1 amide bonds. The molecule has 23 heavy (non-hydrogen) atoms. The minimum Gasteiger partial charge on any atom is -0.466 e. The van der Waals surface area contributed by atoms with Crippen molar-refractivity contribution in [3.05, 3.63) is 30.6 Å². The number of ether oxygens (including phenoxy) is 1. The molecule has 0 saturated carbocycles. The molecule has 126 valence electrons. The average molecular weight is 319 g/mol. The largest absolute Gasteiger partial charge is 0.466 e. The fraction of sp³-hybridized carbons (Fsp3) is 0.611. The third-order valence-electron chi connectivity index (χ3n) is 4.23. The lowest BCUT2D eigenvalue weighted by atomic mass is 9.98. The monoisotopic (exact) mass is 319 g/mol. The summed E-state index contributed by atoms with van der Waals surface area (Å²) in [6.07, 6.45) is 8.20. The molecular weight excluding hydrogens is 292 g/mol. The highest BCUT2D eigenvalue weighted by Crippen LogP contribution is 2.19. The van der Waals surface area contributed by atoms with Crippen molar-refractivity contribution in [2.45, 2.75) is 45.6 Å². The highest BCUT2D eigenvalue weighted by Gasteiger charge is 2.28. The summed E-state index contributed by atoms with van der Waals surface area (Å²) in [7, 11) is 0. The summed E-state index contributed by atoms with van der Waals surface area (Å²) in [5.41, 5.74) is 0. The number of carbonyl (C=O) groups excluding carboxylic acids is 2. The summed E-state index contributed by atoms with van der Waals surface area (Å²) < 4.78 is 7.20. The van der Waals surface area contributed by atoms with Crippen LogP contribution in [0, 0.1) is 5.92 Å². The van der Waals surface area contributed by atoms with Gasteiger partial charge in [0, 0.05) is 38.1 Å². The maximum Gasteiger partial charge on any atom is 0.310 e. The third-order valence-corrected chi connectivity index (χ3v) is 4.23. The molecule has 1 aromatic heterocycles. The number of nitrogens with zero attached hydrogens (tertiary/aromatic N) is 2. The van der Waals surface area contributed by atoms with E-state index in [-0.39, 0.29) is 17.8 Å². The number of esters is 1. The zero-order valence-electron chi connectivity index (χ0n) is 13.9. The van der Waals surface area contributed by atoms with Crippen LogP contribution >= 0.6 is 0 Å². The number of amides is 1. The number of aryl methyl sites for hydroxylation is 1. The lowest BCUT2D eigenvalue weighted by Gasteiger charge is -2.31. The molecule has 1 saturated heterocycles. The summed E-state index contributed by atoms with van der Waals surface area (Å²) in [6.45, 7) is 4.43. The number of rotatable bonds is 7. The van der Waals surface area contributed by atoms with Gasteiger partial charge in [0.25, 0.3) is 0 Å². The quantitative estimate of drug-likeness (QED) is 0.438. The number of carbonyl (C=O) groups is 2. The van der Waals surface area contributed by atoms with E-state index in [1.54, 1.807) is 0 Å². The van der Waals surface area contributed by atoms with E-state index in [0.717, 1.165) is 38.8 Å². The molecule has 0 radical (unpaired) electrons. The van der Waals surface area contributed by atoms with Gasteiger partial charge in [0.15, 0.2) is 12.4 Å². The van der Waals surface area contributed by atoms with Gasteiger partial charge in [-0.05, 0) is 26.2 Å². The van der Waals surface area contributed by atoms with Gasteiger partial charge < -0.3 is 9.64 Å². The van der Waals surface area contributed by atoms with Gasteiger partial charge in [-0.15, -0.1) is 0 Å². The van der Waals surface area contributed by atoms with E-state index in [9.17, 15) is 9.59 Å². The SMILES string of the molecule is CCOC(=O)C1CCCN(C(=O)CCCC[n+]2ccccc2)C1. The van der Waals surface area contributed by atoms with Gasteiger partial charge in [0.05, 0.1) is 12.5 Å². The van der Waals surface area contributed by atoms with Crippen LogP contribution in [0.2, 0.25) is 0 Å². The van der Waals surface area contributed by atoms with Crippen LogP contribution in [0.5, 0.6) is 0 Å². The van der Waals surface area contributed by atoms with Gasteiger partial charge in [0.2, 0.25) is 5.91 Å². The maximum absolute atomic E-state index is 12.3. The normalized spacial score (nSPS) is 17.8. The summed E-state index contributed by atoms with van der Waals surface area (Å²) in [5.74, 6) is -0.143. The molecule has 0 aromatic carbocycles. The van der Waals surface area contributed by atoms with Crippen molar-refractivity contribution < 1.29 is 18.9 Å². The van der Waals surface area contributed by atoms with Gasteiger partial charge >= 0.3 is 5.97 Å². The van der Waals surface area contributed by atoms with Gasteiger partial charge in [-0.2, -0.15) is 0 Å². The van der Waals surface area contributed by atoms with Crippen LogP contribution in [0.1, 0.15) is 39.0 Å². The number of aromatic nitrogens is 1. The second kappa shape index (κ2) is 9.28. The number of hydrogen-bond donors (Lipinski definition) is 0. The molecule has 0 N–H and O–H groups in total. The number of unbranched alkanes of at least 4 members (excludes halogenated alkanes) is 1. The van der Waals surface area contributed by atoms with Crippen LogP contribution in [0.25, 0.3) is 0 Å². The third kappa shape index (κ3) is 5.66. The summed E-state index contributed by atoms with van der Waals surface area (Å²) in [4.78, 5) is 26.0. The van der Waals surface area contributed by atoms with E-state index in [2.05, 4.69) is 4.57 Å². The van der Waals surface area contributed by atoms with Crippen LogP contribution in [0.3, 0.4) is 0 Å². The van der Waals surface area contributed by atoms with Crippen molar-refractivity contribution in [2.24, 2.45) is 5.92 Å². The van der Waals surface area contributed by atoms with E-state index in [1.165, 1.54) is 0 Å². The molecule has 1 atom stereocenters. The van der Waals surface area contributed by atoms with Gasteiger partial charge in [-0.3, -0.25) is 9.59 Å². The second-order valence-electron chi connectivity index (χ2n) is 6.00. The molecule has 1 unspecified atom stereocenters. The number of hydrogen-bond acceptors (Lipinski definition) is 3. The Bertz CT molecular complexity index is 504. The average Bonchev–Trinajstić information content (AvgIpc) is 2.60. The van der Waals surface area contributed by atoms with Crippen molar-refractivity contribution in [1.29, 1.82) is 0 Å². The van der Waals surface area contributed by atoms with Crippen LogP contribution in [0.4, 0.5) is 0 Å². The molecule has 2 heterocycles. The first kappa shape index (κ1) is 17.4. The van der Waals surface area contributed by atoms with Crippen molar-refractivity contribution in [2.75, 3.05) is 19.7 Å². The number of pyridine rings is 1. The van der Waals surface area contributed by atoms with Crippen molar-refractivity contribution >= 4 is 11.9 Å². The topological polar surface area (TPSA) is 50.5 Å². The first-order valence-corrected chi connectivity index (χ1v) is 8.59. The molecule has 1 aliphatic heterocycles. The van der Waals surface area contributed by atoms with Crippen molar-refractivity contribution in [3.8, 4) is 0 Å². The molecule has 0 aliphatic carbocycles. The molecule has 0 spiro atoms. The smallest absolute Gasteiger partial charge is 0.310 e. The molecular formula is C18H27N2O3+. The first-order valence-electron chi connectivity index (χ1n) is 8.59. The Labute approximate surface area is 138 Å². The van der Waals surface area contributed by atoms with Gasteiger partial charge in [-0.25, -0.2) is 4.57 Å². The first-order chi connectivity index (χ1) is 11.2. The van der Waals surface area contributed by atoms with E-state index >= 15 is 0 Å². The summed E-state index contributed by atoms with van der Waals surface area (Å²) in [5, 5.41) is 0. The molecule has 1 fully saturated rings. The highest BCUT2D eigenvalue weighted by molar-refractivity contribution is 5.78. The lowest BCUT2D eigenvalue weighted by Crippen LogP contribution is -2.42. The molecule has 5 nitrogen and oxygen atoms in total.